The lowest BCUT2D eigenvalue weighted by Crippen LogP contribution is -2.36. The lowest BCUT2D eigenvalue weighted by atomic mass is 10.4. The van der Waals surface area contributed by atoms with Gasteiger partial charge in [-0.2, -0.15) is 0 Å². The monoisotopic (exact) mass is 321 g/mol. The predicted molar refractivity (Wildman–Crippen MR) is 69.1 cm³/mol. The third kappa shape index (κ3) is 3.29. The Balaban J connectivity index is 2.93. The fraction of sp³-hybridized carbons (Fsp3) is 0.500. The van der Waals surface area contributed by atoms with Gasteiger partial charge in [-0.3, -0.25) is 14.2 Å². The van der Waals surface area contributed by atoms with E-state index in [0.29, 0.717) is 13.1 Å². The van der Waals surface area contributed by atoms with Gasteiger partial charge in [-0.25, -0.2) is 4.98 Å². The fourth-order valence-electron chi connectivity index (χ4n) is 1.38. The maximum absolute atomic E-state index is 11.8. The van der Waals surface area contributed by atoms with Gasteiger partial charge in [0.05, 0.1) is 6.33 Å². The van der Waals surface area contributed by atoms with Gasteiger partial charge in [0.25, 0.3) is 5.56 Å². The van der Waals surface area contributed by atoms with Crippen LogP contribution in [-0.2, 0) is 11.3 Å². The van der Waals surface area contributed by atoms with Gasteiger partial charge in [0, 0.05) is 13.1 Å². The molecule has 0 saturated heterocycles. The van der Waals surface area contributed by atoms with Crippen LogP contribution in [0.15, 0.2) is 15.6 Å². The van der Waals surface area contributed by atoms with E-state index in [4.69, 9.17) is 11.6 Å². The summed E-state index contributed by atoms with van der Waals surface area (Å²) in [4.78, 5) is 29.0. The lowest BCUT2D eigenvalue weighted by molar-refractivity contribution is -0.131. The second-order valence-corrected chi connectivity index (χ2v) is 4.50. The van der Waals surface area contributed by atoms with E-state index >= 15 is 0 Å². The van der Waals surface area contributed by atoms with Crippen molar-refractivity contribution in [2.45, 2.75) is 20.4 Å². The van der Waals surface area contributed by atoms with Crippen molar-refractivity contribution >= 4 is 33.4 Å². The molecule has 0 aliphatic rings. The Kier molecular flexibility index (Phi) is 5.14. The number of aromatic nitrogens is 2. The maximum atomic E-state index is 11.8. The molecule has 0 aliphatic heterocycles. The van der Waals surface area contributed by atoms with E-state index < -0.39 is 0 Å². The molecule has 0 aromatic carbocycles. The zero-order valence-corrected chi connectivity index (χ0v) is 12.0. The topological polar surface area (TPSA) is 55.2 Å². The standard InChI is InChI=1S/C10H13BrClN3O2/c1-3-14(4-2)7(16)5-15-6-13-9(12)8(11)10(15)17/h6H,3-5H2,1-2H3. The van der Waals surface area contributed by atoms with Crippen LogP contribution in [0.5, 0.6) is 0 Å². The number of halogens is 2. The molecule has 5 nitrogen and oxygen atoms in total. The van der Waals surface area contributed by atoms with E-state index in [2.05, 4.69) is 20.9 Å². The Morgan fingerprint density at radius 2 is 2.12 bits per heavy atom. The predicted octanol–water partition coefficient (Wildman–Crippen LogP) is 1.53. The summed E-state index contributed by atoms with van der Waals surface area (Å²) >= 11 is 8.71. The molecule has 1 heterocycles. The first-order chi connectivity index (χ1) is 8.01. The molecule has 0 saturated carbocycles. The summed E-state index contributed by atoms with van der Waals surface area (Å²) in [5.41, 5.74) is -0.356. The summed E-state index contributed by atoms with van der Waals surface area (Å²) < 4.78 is 1.41. The first-order valence-corrected chi connectivity index (χ1v) is 6.36. The molecule has 1 aromatic heterocycles. The minimum Gasteiger partial charge on any atom is -0.342 e. The summed E-state index contributed by atoms with van der Waals surface area (Å²) in [6.07, 6.45) is 1.27. The Labute approximate surface area is 113 Å². The first-order valence-electron chi connectivity index (χ1n) is 5.19. The number of nitrogens with zero attached hydrogens (tertiary/aromatic N) is 3. The van der Waals surface area contributed by atoms with Gasteiger partial charge >= 0.3 is 0 Å². The highest BCUT2D eigenvalue weighted by molar-refractivity contribution is 9.10. The van der Waals surface area contributed by atoms with Crippen LogP contribution in [0.3, 0.4) is 0 Å². The van der Waals surface area contributed by atoms with Crippen LogP contribution in [0, 0.1) is 0 Å². The SMILES string of the molecule is CCN(CC)C(=O)Cn1cnc(Cl)c(Br)c1=O. The van der Waals surface area contributed by atoms with Crippen molar-refractivity contribution in [1.29, 1.82) is 0 Å². The quantitative estimate of drug-likeness (QED) is 0.790. The van der Waals surface area contributed by atoms with Crippen molar-refractivity contribution in [3.8, 4) is 0 Å². The van der Waals surface area contributed by atoms with Gasteiger partial charge < -0.3 is 4.90 Å². The fourth-order valence-corrected chi connectivity index (χ4v) is 1.83. The average Bonchev–Trinajstić information content (AvgIpc) is 2.31. The van der Waals surface area contributed by atoms with Crippen LogP contribution >= 0.6 is 27.5 Å². The van der Waals surface area contributed by atoms with Crippen LogP contribution in [0.1, 0.15) is 13.8 Å². The summed E-state index contributed by atoms with van der Waals surface area (Å²) in [5.74, 6) is -0.117. The number of carbonyl (C=O) groups is 1. The summed E-state index contributed by atoms with van der Waals surface area (Å²) in [7, 11) is 0. The normalized spacial score (nSPS) is 10.4. The van der Waals surface area contributed by atoms with Crippen molar-refractivity contribution in [1.82, 2.24) is 14.5 Å². The molecule has 0 spiro atoms. The lowest BCUT2D eigenvalue weighted by Gasteiger charge is -2.18. The highest BCUT2D eigenvalue weighted by Gasteiger charge is 2.13. The van der Waals surface area contributed by atoms with Gasteiger partial charge in [0.2, 0.25) is 5.91 Å². The van der Waals surface area contributed by atoms with E-state index in [1.54, 1.807) is 4.90 Å². The van der Waals surface area contributed by atoms with Crippen molar-refractivity contribution in [2.75, 3.05) is 13.1 Å². The second-order valence-electron chi connectivity index (χ2n) is 3.35. The molecule has 1 rings (SSSR count). The summed E-state index contributed by atoms with van der Waals surface area (Å²) in [5, 5.41) is 0.0986. The molecule has 0 N–H and O–H groups in total. The third-order valence-corrected chi connectivity index (χ3v) is 3.59. The van der Waals surface area contributed by atoms with E-state index in [9.17, 15) is 9.59 Å². The Morgan fingerprint density at radius 3 is 2.65 bits per heavy atom. The van der Waals surface area contributed by atoms with Crippen molar-refractivity contribution in [3.63, 3.8) is 0 Å². The van der Waals surface area contributed by atoms with Crippen molar-refractivity contribution in [2.24, 2.45) is 0 Å². The van der Waals surface area contributed by atoms with E-state index in [0.717, 1.165) is 0 Å². The maximum Gasteiger partial charge on any atom is 0.269 e. The average molecular weight is 323 g/mol. The zero-order chi connectivity index (χ0) is 13.0. The van der Waals surface area contributed by atoms with Crippen LogP contribution in [-0.4, -0.2) is 33.4 Å². The third-order valence-electron chi connectivity index (χ3n) is 2.36. The molecule has 0 unspecified atom stereocenters. The second kappa shape index (κ2) is 6.16. The molecule has 17 heavy (non-hydrogen) atoms. The van der Waals surface area contributed by atoms with Gasteiger partial charge in [0.15, 0.2) is 5.15 Å². The molecular weight excluding hydrogens is 309 g/mol. The molecule has 94 valence electrons. The molecule has 0 radical (unpaired) electrons. The largest absolute Gasteiger partial charge is 0.342 e. The molecule has 0 bridgehead atoms. The molecule has 7 heteroatoms. The van der Waals surface area contributed by atoms with Crippen molar-refractivity contribution < 1.29 is 4.79 Å². The number of likely N-dealkylation sites (N-methyl/N-ethyl adjacent to an activating group) is 1. The molecule has 1 aromatic rings. The smallest absolute Gasteiger partial charge is 0.269 e. The Hall–Kier alpha value is -0.880. The number of hydrogen-bond acceptors (Lipinski definition) is 3. The van der Waals surface area contributed by atoms with E-state index in [1.807, 2.05) is 13.8 Å². The highest BCUT2D eigenvalue weighted by atomic mass is 79.9. The zero-order valence-electron chi connectivity index (χ0n) is 9.61. The molecule has 0 aliphatic carbocycles. The van der Waals surface area contributed by atoms with Gasteiger partial charge in [-0.05, 0) is 29.8 Å². The van der Waals surface area contributed by atoms with Crippen LogP contribution in [0.2, 0.25) is 5.15 Å². The summed E-state index contributed by atoms with van der Waals surface area (Å²) in [6.45, 7) is 4.99. The summed E-state index contributed by atoms with van der Waals surface area (Å²) in [6, 6.07) is 0. The van der Waals surface area contributed by atoms with E-state index in [-0.39, 0.29) is 27.6 Å². The van der Waals surface area contributed by atoms with Gasteiger partial charge in [-0.15, -0.1) is 0 Å². The minimum absolute atomic E-state index is 0.0245. The highest BCUT2D eigenvalue weighted by Crippen LogP contribution is 2.13. The van der Waals surface area contributed by atoms with Crippen molar-refractivity contribution in [3.05, 3.63) is 26.3 Å². The molecule has 1 amide bonds. The molecular formula is C10H13BrClN3O2. The number of carbonyl (C=O) groups excluding carboxylic acids is 1. The minimum atomic E-state index is -0.356. The van der Waals surface area contributed by atoms with Gasteiger partial charge in [0.1, 0.15) is 11.0 Å². The number of hydrogen-bond donors (Lipinski definition) is 0. The Bertz CT molecular complexity index is 471. The molecule has 0 fully saturated rings. The van der Waals surface area contributed by atoms with E-state index in [1.165, 1.54) is 10.9 Å². The number of amides is 1. The van der Waals surface area contributed by atoms with Crippen LogP contribution < -0.4 is 5.56 Å². The van der Waals surface area contributed by atoms with Crippen LogP contribution in [0.4, 0.5) is 0 Å². The van der Waals surface area contributed by atoms with Gasteiger partial charge in [-0.1, -0.05) is 11.6 Å². The van der Waals surface area contributed by atoms with Crippen LogP contribution in [0.25, 0.3) is 0 Å². The Morgan fingerprint density at radius 1 is 1.53 bits per heavy atom. The molecule has 0 atom stereocenters. The number of rotatable bonds is 4. The first kappa shape index (κ1) is 14.2.